The zero-order valence-electron chi connectivity index (χ0n) is 14.1. The fourth-order valence-corrected chi connectivity index (χ4v) is 3.16. The summed E-state index contributed by atoms with van der Waals surface area (Å²) >= 11 is 5.96. The van der Waals surface area contributed by atoms with Crippen LogP contribution in [-0.2, 0) is 17.9 Å². The lowest BCUT2D eigenvalue weighted by Crippen LogP contribution is -2.21. The zero-order valence-corrected chi connectivity index (χ0v) is 14.9. The average Bonchev–Trinajstić information content (AvgIpc) is 3.36. The molecule has 0 radical (unpaired) electrons. The average molecular weight is 380 g/mol. The maximum atomic E-state index is 5.97. The minimum absolute atomic E-state index is 0.0747. The third-order valence-corrected chi connectivity index (χ3v) is 4.67. The van der Waals surface area contributed by atoms with Crippen LogP contribution in [0.15, 0.2) is 59.3 Å². The molecule has 0 saturated carbocycles. The molecule has 0 fully saturated rings. The minimum atomic E-state index is -0.0747. The van der Waals surface area contributed by atoms with Crippen molar-refractivity contribution in [3.8, 4) is 23.1 Å². The Morgan fingerprint density at radius 2 is 1.96 bits per heavy atom. The molecule has 5 rings (SSSR count). The van der Waals surface area contributed by atoms with E-state index in [1.54, 1.807) is 6.20 Å². The van der Waals surface area contributed by atoms with Crippen molar-refractivity contribution in [2.24, 2.45) is 0 Å². The molecule has 0 N–H and O–H groups in total. The van der Waals surface area contributed by atoms with E-state index in [2.05, 4.69) is 20.2 Å². The summed E-state index contributed by atoms with van der Waals surface area (Å²) in [6, 6.07) is 15.1. The molecule has 0 spiro atoms. The Hall–Kier alpha value is -3.03. The second kappa shape index (κ2) is 6.61. The van der Waals surface area contributed by atoms with Gasteiger partial charge in [0.25, 0.3) is 5.89 Å². The van der Waals surface area contributed by atoms with Crippen molar-refractivity contribution in [1.82, 2.24) is 24.9 Å². The molecule has 0 saturated heterocycles. The van der Waals surface area contributed by atoms with E-state index < -0.39 is 0 Å². The lowest BCUT2D eigenvalue weighted by molar-refractivity contribution is -0.00112. The number of halogens is 1. The summed E-state index contributed by atoms with van der Waals surface area (Å²) in [6.45, 7) is 1.07. The molecule has 0 unspecified atom stereocenters. The Labute approximate surface area is 159 Å². The number of hydrogen-bond acceptors (Lipinski definition) is 6. The molecule has 3 aromatic heterocycles. The van der Waals surface area contributed by atoms with Gasteiger partial charge in [0, 0.05) is 11.2 Å². The van der Waals surface area contributed by atoms with Crippen LogP contribution in [0, 0.1) is 0 Å². The number of fused-ring (bicyclic) bond motifs is 1. The van der Waals surface area contributed by atoms with Crippen LogP contribution in [0.2, 0.25) is 5.02 Å². The van der Waals surface area contributed by atoms with Crippen LogP contribution in [-0.4, -0.2) is 24.9 Å². The molecule has 1 aromatic carbocycles. The third kappa shape index (κ3) is 3.11. The lowest BCUT2D eigenvalue weighted by atomic mass is 10.1. The molecular weight excluding hydrogens is 366 g/mol. The van der Waals surface area contributed by atoms with E-state index in [0.717, 1.165) is 11.3 Å². The first-order valence-electron chi connectivity index (χ1n) is 8.45. The maximum Gasteiger partial charge on any atom is 0.278 e. The summed E-state index contributed by atoms with van der Waals surface area (Å²) in [4.78, 5) is 8.64. The molecule has 1 aliphatic heterocycles. The Bertz CT molecular complexity index is 1080. The van der Waals surface area contributed by atoms with Gasteiger partial charge in [-0.3, -0.25) is 9.67 Å². The third-order valence-electron chi connectivity index (χ3n) is 4.42. The Kier molecular flexibility index (Phi) is 3.95. The molecular formula is C19H14ClN5O2. The van der Waals surface area contributed by atoms with E-state index in [-0.39, 0.29) is 6.10 Å². The quantitative estimate of drug-likeness (QED) is 0.536. The summed E-state index contributed by atoms with van der Waals surface area (Å²) in [5.74, 6) is 0.799. The van der Waals surface area contributed by atoms with Crippen molar-refractivity contribution >= 4 is 11.6 Å². The van der Waals surface area contributed by atoms with E-state index in [0.29, 0.717) is 41.3 Å². The highest BCUT2D eigenvalue weighted by Crippen LogP contribution is 2.29. The van der Waals surface area contributed by atoms with Crippen LogP contribution in [0.25, 0.3) is 23.1 Å². The van der Waals surface area contributed by atoms with E-state index in [4.69, 9.17) is 20.9 Å². The number of benzene rings is 1. The largest absolute Gasteiger partial charge is 0.365 e. The zero-order chi connectivity index (χ0) is 18.2. The molecule has 27 heavy (non-hydrogen) atoms. The van der Waals surface area contributed by atoms with Crippen LogP contribution in [0.5, 0.6) is 0 Å². The number of ether oxygens (including phenoxy) is 1. The normalized spacial score (nSPS) is 16.3. The van der Waals surface area contributed by atoms with Gasteiger partial charge >= 0.3 is 0 Å². The van der Waals surface area contributed by atoms with Crippen molar-refractivity contribution in [2.45, 2.75) is 19.3 Å². The van der Waals surface area contributed by atoms with Crippen molar-refractivity contribution in [3.05, 3.63) is 71.0 Å². The summed E-state index contributed by atoms with van der Waals surface area (Å²) in [6.07, 6.45) is 1.61. The first-order chi connectivity index (χ1) is 13.3. The maximum absolute atomic E-state index is 5.97. The predicted molar refractivity (Wildman–Crippen MR) is 97.7 cm³/mol. The van der Waals surface area contributed by atoms with Crippen LogP contribution >= 0.6 is 11.6 Å². The van der Waals surface area contributed by atoms with Gasteiger partial charge in [0.05, 0.1) is 18.8 Å². The van der Waals surface area contributed by atoms with Gasteiger partial charge < -0.3 is 9.26 Å². The van der Waals surface area contributed by atoms with Crippen LogP contribution in [0.1, 0.15) is 17.4 Å². The van der Waals surface area contributed by atoms with Crippen LogP contribution in [0.3, 0.4) is 0 Å². The van der Waals surface area contributed by atoms with Crippen molar-refractivity contribution < 1.29 is 9.26 Å². The monoisotopic (exact) mass is 379 g/mol. The predicted octanol–water partition coefficient (Wildman–Crippen LogP) is 3.92. The van der Waals surface area contributed by atoms with Crippen molar-refractivity contribution in [3.63, 3.8) is 0 Å². The van der Waals surface area contributed by atoms with E-state index in [1.807, 2.05) is 53.2 Å². The first kappa shape index (κ1) is 16.2. The molecule has 0 aliphatic carbocycles. The summed E-state index contributed by atoms with van der Waals surface area (Å²) in [7, 11) is 0. The van der Waals surface area contributed by atoms with Crippen molar-refractivity contribution in [1.29, 1.82) is 0 Å². The molecule has 1 atom stereocenters. The molecule has 4 heterocycles. The highest BCUT2D eigenvalue weighted by atomic mass is 35.5. The van der Waals surface area contributed by atoms with E-state index >= 15 is 0 Å². The highest BCUT2D eigenvalue weighted by molar-refractivity contribution is 6.30. The summed E-state index contributed by atoms with van der Waals surface area (Å²) < 4.78 is 13.3. The molecule has 1 aliphatic rings. The number of nitrogens with zero attached hydrogens (tertiary/aromatic N) is 5. The van der Waals surface area contributed by atoms with Crippen LogP contribution in [0.4, 0.5) is 0 Å². The van der Waals surface area contributed by atoms with Gasteiger partial charge in [-0.1, -0.05) is 35.0 Å². The van der Waals surface area contributed by atoms with E-state index in [9.17, 15) is 0 Å². The Morgan fingerprint density at radius 3 is 2.78 bits per heavy atom. The minimum Gasteiger partial charge on any atom is -0.365 e. The number of aromatic nitrogens is 5. The van der Waals surface area contributed by atoms with Gasteiger partial charge in [0.2, 0.25) is 5.82 Å². The standard InChI is InChI=1S/C19H14ClN5O2/c20-13-6-4-12(5-7-13)17-10-25-14(11-26-17)9-16(23-25)19-22-18(24-27-19)15-3-1-2-8-21-15/h1-9,17H,10-11H2/t17-/m1/s1. The van der Waals surface area contributed by atoms with Gasteiger partial charge in [0.15, 0.2) is 5.69 Å². The molecule has 134 valence electrons. The van der Waals surface area contributed by atoms with Crippen molar-refractivity contribution in [2.75, 3.05) is 0 Å². The van der Waals surface area contributed by atoms with Gasteiger partial charge in [-0.05, 0) is 35.9 Å². The number of pyridine rings is 1. The van der Waals surface area contributed by atoms with Gasteiger partial charge in [0.1, 0.15) is 11.8 Å². The molecule has 8 heteroatoms. The van der Waals surface area contributed by atoms with Gasteiger partial charge in [-0.25, -0.2) is 0 Å². The van der Waals surface area contributed by atoms with Crippen LogP contribution < -0.4 is 0 Å². The first-order valence-corrected chi connectivity index (χ1v) is 8.83. The van der Waals surface area contributed by atoms with Gasteiger partial charge in [-0.2, -0.15) is 10.1 Å². The molecule has 7 nitrogen and oxygen atoms in total. The highest BCUT2D eigenvalue weighted by Gasteiger charge is 2.24. The summed E-state index contributed by atoms with van der Waals surface area (Å²) in [5, 5.41) is 9.32. The summed E-state index contributed by atoms with van der Waals surface area (Å²) in [5.41, 5.74) is 3.31. The van der Waals surface area contributed by atoms with E-state index in [1.165, 1.54) is 0 Å². The fraction of sp³-hybridized carbons (Fsp3) is 0.158. The second-order valence-electron chi connectivity index (χ2n) is 6.19. The number of hydrogen-bond donors (Lipinski definition) is 0. The molecule has 0 amide bonds. The molecule has 0 bridgehead atoms. The fourth-order valence-electron chi connectivity index (χ4n) is 3.04. The van der Waals surface area contributed by atoms with Gasteiger partial charge in [-0.15, -0.1) is 0 Å². The lowest BCUT2D eigenvalue weighted by Gasteiger charge is -2.24. The second-order valence-corrected chi connectivity index (χ2v) is 6.63. The SMILES string of the molecule is Clc1ccc([C@H]2Cn3nc(-c4nc(-c5ccccn5)no4)cc3CO2)cc1. The topological polar surface area (TPSA) is 78.9 Å². The smallest absolute Gasteiger partial charge is 0.278 e. The number of rotatable bonds is 3. The molecule has 4 aromatic rings. The Balaban J connectivity index is 1.40. The Morgan fingerprint density at radius 1 is 1.07 bits per heavy atom.